The van der Waals surface area contributed by atoms with Crippen LogP contribution in [0, 0.1) is 0 Å². The Hall–Kier alpha value is -3.44. The Bertz CT molecular complexity index is 1380. The maximum absolute atomic E-state index is 12.9. The van der Waals surface area contributed by atoms with Crippen LogP contribution in [0.2, 0.25) is 0 Å². The first-order valence-corrected chi connectivity index (χ1v) is 29.4. The molecule has 0 bridgehead atoms. The molecule has 0 aliphatic rings. The predicted octanol–water partition coefficient (Wildman–Crippen LogP) is 20.3. The summed E-state index contributed by atoms with van der Waals surface area (Å²) >= 11 is 0. The van der Waals surface area contributed by atoms with Gasteiger partial charge >= 0.3 is 11.9 Å². The fraction of sp³-hybridized carbons (Fsp3) is 0.692. The van der Waals surface area contributed by atoms with Gasteiger partial charge in [0, 0.05) is 19.4 Å². The average Bonchev–Trinajstić information content (AvgIpc) is 3.36. The normalized spacial score (nSPS) is 13.0. The molecule has 0 saturated heterocycles. The molecule has 1 atom stereocenters. The van der Waals surface area contributed by atoms with Gasteiger partial charge < -0.3 is 14.2 Å². The summed E-state index contributed by atoms with van der Waals surface area (Å²) in [6.07, 6.45) is 82.6. The van der Waals surface area contributed by atoms with Gasteiger partial charge in [-0.3, -0.25) is 9.59 Å². The van der Waals surface area contributed by atoms with E-state index in [-0.39, 0.29) is 25.2 Å². The molecule has 0 spiro atoms. The number of esters is 2. The second-order valence-corrected chi connectivity index (χ2v) is 19.2. The zero-order chi connectivity index (χ0) is 50.6. The van der Waals surface area contributed by atoms with Gasteiger partial charge in [0.25, 0.3) is 0 Å². The third-order valence-corrected chi connectivity index (χ3v) is 12.3. The van der Waals surface area contributed by atoms with Crippen LogP contribution in [0.3, 0.4) is 0 Å². The Morgan fingerprint density at radius 2 is 0.643 bits per heavy atom. The largest absolute Gasteiger partial charge is 0.462 e. The molecule has 0 radical (unpaired) electrons. The summed E-state index contributed by atoms with van der Waals surface area (Å²) in [5.74, 6) is -0.447. The summed E-state index contributed by atoms with van der Waals surface area (Å²) in [6.45, 7) is 7.54. The minimum atomic E-state index is -0.582. The Balaban J connectivity index is 4.40. The molecule has 70 heavy (non-hydrogen) atoms. The van der Waals surface area contributed by atoms with Crippen LogP contribution in [0.25, 0.3) is 0 Å². The van der Waals surface area contributed by atoms with Crippen molar-refractivity contribution in [1.29, 1.82) is 0 Å². The van der Waals surface area contributed by atoms with E-state index in [1.807, 2.05) is 0 Å². The van der Waals surface area contributed by atoms with Gasteiger partial charge in [0.05, 0.1) is 6.61 Å². The van der Waals surface area contributed by atoms with E-state index in [1.165, 1.54) is 128 Å². The first kappa shape index (κ1) is 66.6. The Kier molecular flexibility index (Phi) is 56.9. The molecule has 0 N–H and O–H groups in total. The quantitative estimate of drug-likeness (QED) is 0.0345. The molecule has 0 aromatic rings. The lowest BCUT2D eigenvalue weighted by Crippen LogP contribution is -2.30. The van der Waals surface area contributed by atoms with Crippen molar-refractivity contribution in [2.75, 3.05) is 19.8 Å². The van der Waals surface area contributed by atoms with Gasteiger partial charge in [-0.25, -0.2) is 0 Å². The zero-order valence-electron chi connectivity index (χ0n) is 46.0. The highest BCUT2D eigenvalue weighted by Gasteiger charge is 2.17. The smallest absolute Gasteiger partial charge is 0.306 e. The van der Waals surface area contributed by atoms with Gasteiger partial charge in [0.15, 0.2) is 6.10 Å². The van der Waals surface area contributed by atoms with Crippen molar-refractivity contribution in [3.8, 4) is 0 Å². The third kappa shape index (κ3) is 57.1. The number of ether oxygens (including phenoxy) is 3. The molecule has 5 nitrogen and oxygen atoms in total. The van der Waals surface area contributed by atoms with Gasteiger partial charge in [-0.1, -0.05) is 239 Å². The molecule has 0 aromatic heterocycles. The summed E-state index contributed by atoms with van der Waals surface area (Å²) in [5, 5.41) is 0. The van der Waals surface area contributed by atoms with E-state index in [0.29, 0.717) is 19.4 Å². The fourth-order valence-electron chi connectivity index (χ4n) is 7.90. The molecule has 0 heterocycles. The van der Waals surface area contributed by atoms with Gasteiger partial charge in [0.1, 0.15) is 6.61 Å². The summed E-state index contributed by atoms with van der Waals surface area (Å²) in [5.41, 5.74) is 0. The SMILES string of the molecule is CC/C=C\C/C=C\C/C=C\C/C=C\C/C=C\C/C=C\CCCOCC(COC(=O)CCCCCCCCCCC/C=C\CCCCCCCC)OC(=O)CCCCCCC/C=C\C/C=C\CCCCC. The number of hydrogen-bond acceptors (Lipinski definition) is 5. The van der Waals surface area contributed by atoms with E-state index in [2.05, 4.69) is 130 Å². The number of allylic oxidation sites excluding steroid dienone is 18. The molecule has 1 unspecified atom stereocenters. The first-order valence-electron chi connectivity index (χ1n) is 29.4. The van der Waals surface area contributed by atoms with Crippen LogP contribution in [0.4, 0.5) is 0 Å². The monoisotopic (exact) mass is 971 g/mol. The van der Waals surface area contributed by atoms with Crippen molar-refractivity contribution in [3.63, 3.8) is 0 Å². The number of unbranched alkanes of at least 4 members (excludes halogenated alkanes) is 24. The standard InChI is InChI=1S/C65H110O5/c1-4-7-10-13-16-19-22-25-28-30-32-34-36-39-42-45-48-51-54-57-60-68-61-63(70-65(67)59-56-53-50-47-44-41-37-27-24-21-18-15-12-9-6-3)62-69-64(66)58-55-52-49-46-43-40-38-35-33-31-29-26-23-20-17-14-11-8-5-2/h7,10,16,18-19,21,25-29,32,34,37,39,42,48,51,63H,4-6,8-9,11-15,17,20,22-24,30-31,33,35-36,38,40-41,43-47,49-50,52-62H2,1-3H3/b10-7-,19-16-,21-18-,28-25-,29-26-,34-32-,37-27-,42-39-,51-48-. The van der Waals surface area contributed by atoms with Crippen LogP contribution in [-0.4, -0.2) is 37.9 Å². The van der Waals surface area contributed by atoms with Crippen LogP contribution in [0.1, 0.15) is 265 Å². The van der Waals surface area contributed by atoms with Crippen LogP contribution in [-0.2, 0) is 23.8 Å². The zero-order valence-corrected chi connectivity index (χ0v) is 46.0. The second-order valence-electron chi connectivity index (χ2n) is 19.2. The van der Waals surface area contributed by atoms with Crippen molar-refractivity contribution in [2.24, 2.45) is 0 Å². The molecule has 5 heteroatoms. The second kappa shape index (κ2) is 59.9. The summed E-state index contributed by atoms with van der Waals surface area (Å²) in [6, 6.07) is 0. The van der Waals surface area contributed by atoms with Crippen molar-refractivity contribution in [2.45, 2.75) is 271 Å². The number of hydrogen-bond donors (Lipinski definition) is 0. The molecule has 0 fully saturated rings. The maximum Gasteiger partial charge on any atom is 0.306 e. The minimum Gasteiger partial charge on any atom is -0.462 e. The van der Waals surface area contributed by atoms with E-state index in [4.69, 9.17) is 14.2 Å². The number of carbonyl (C=O) groups is 2. The number of carbonyl (C=O) groups excluding carboxylic acids is 2. The van der Waals surface area contributed by atoms with Gasteiger partial charge in [-0.2, -0.15) is 0 Å². The molecular weight excluding hydrogens is 861 g/mol. The molecule has 0 saturated carbocycles. The van der Waals surface area contributed by atoms with Crippen molar-refractivity contribution < 1.29 is 23.8 Å². The first-order chi connectivity index (χ1) is 34.6. The van der Waals surface area contributed by atoms with E-state index < -0.39 is 6.10 Å². The molecular formula is C65H110O5. The Morgan fingerprint density at radius 1 is 0.329 bits per heavy atom. The lowest BCUT2D eigenvalue weighted by Gasteiger charge is -2.18. The van der Waals surface area contributed by atoms with Gasteiger partial charge in [-0.15, -0.1) is 0 Å². The minimum absolute atomic E-state index is 0.0504. The van der Waals surface area contributed by atoms with E-state index in [9.17, 15) is 9.59 Å². The van der Waals surface area contributed by atoms with Gasteiger partial charge in [-0.05, 0) is 122 Å². The highest BCUT2D eigenvalue weighted by molar-refractivity contribution is 5.70. The molecule has 0 aliphatic carbocycles. The van der Waals surface area contributed by atoms with Crippen molar-refractivity contribution in [1.82, 2.24) is 0 Å². The van der Waals surface area contributed by atoms with Crippen LogP contribution >= 0.6 is 0 Å². The average molecular weight is 972 g/mol. The lowest BCUT2D eigenvalue weighted by atomic mass is 10.1. The van der Waals surface area contributed by atoms with E-state index in [0.717, 1.165) is 103 Å². The maximum atomic E-state index is 12.9. The summed E-state index contributed by atoms with van der Waals surface area (Å²) in [7, 11) is 0. The van der Waals surface area contributed by atoms with Gasteiger partial charge in [0.2, 0.25) is 0 Å². The van der Waals surface area contributed by atoms with Crippen molar-refractivity contribution in [3.05, 3.63) is 109 Å². The highest BCUT2D eigenvalue weighted by Crippen LogP contribution is 2.14. The number of rotatable bonds is 53. The van der Waals surface area contributed by atoms with Crippen LogP contribution < -0.4 is 0 Å². The molecule has 0 rings (SSSR count). The van der Waals surface area contributed by atoms with Crippen molar-refractivity contribution >= 4 is 11.9 Å². The summed E-state index contributed by atoms with van der Waals surface area (Å²) < 4.78 is 17.4. The third-order valence-electron chi connectivity index (χ3n) is 12.3. The highest BCUT2D eigenvalue weighted by atomic mass is 16.6. The predicted molar refractivity (Wildman–Crippen MR) is 306 cm³/mol. The molecule has 0 aromatic carbocycles. The molecule has 0 amide bonds. The van der Waals surface area contributed by atoms with Crippen LogP contribution in [0.5, 0.6) is 0 Å². The lowest BCUT2D eigenvalue weighted by molar-refractivity contribution is -0.163. The topological polar surface area (TPSA) is 61.8 Å². The van der Waals surface area contributed by atoms with E-state index >= 15 is 0 Å². The fourth-order valence-corrected chi connectivity index (χ4v) is 7.90. The summed E-state index contributed by atoms with van der Waals surface area (Å²) in [4.78, 5) is 25.5. The van der Waals surface area contributed by atoms with E-state index in [1.54, 1.807) is 0 Å². The Morgan fingerprint density at radius 3 is 1.07 bits per heavy atom. The van der Waals surface area contributed by atoms with Crippen LogP contribution in [0.15, 0.2) is 109 Å². The Labute approximate surface area is 434 Å². The molecule has 0 aliphatic heterocycles. The molecule has 400 valence electrons.